The second-order valence-corrected chi connectivity index (χ2v) is 7.92. The van der Waals surface area contributed by atoms with Crippen LogP contribution in [0.15, 0.2) is 24.3 Å². The number of fused-ring (bicyclic) bond motifs is 3. The topological polar surface area (TPSA) is 98.2 Å². The number of hydrogen-bond donors (Lipinski definition) is 1. The van der Waals surface area contributed by atoms with Crippen molar-refractivity contribution in [2.45, 2.75) is 44.8 Å². The Morgan fingerprint density at radius 2 is 1.96 bits per heavy atom. The highest BCUT2D eigenvalue weighted by molar-refractivity contribution is 6.11. The predicted octanol–water partition coefficient (Wildman–Crippen LogP) is 1.31. The highest BCUT2D eigenvalue weighted by Gasteiger charge is 2.54. The van der Waals surface area contributed by atoms with E-state index in [4.69, 9.17) is 0 Å². The Morgan fingerprint density at radius 3 is 2.64 bits per heavy atom. The number of carboxylic acid groups (broad SMARTS) is 1. The Hall–Kier alpha value is -2.90. The van der Waals surface area contributed by atoms with E-state index < -0.39 is 23.6 Å². The van der Waals surface area contributed by atoms with Crippen LogP contribution in [0.2, 0.25) is 0 Å². The number of benzene rings is 1. The minimum absolute atomic E-state index is 0.0691. The van der Waals surface area contributed by atoms with Gasteiger partial charge >= 0.3 is 5.97 Å². The summed E-state index contributed by atoms with van der Waals surface area (Å²) in [5.41, 5.74) is 0.0930. The molecule has 0 aliphatic carbocycles. The van der Waals surface area contributed by atoms with Gasteiger partial charge in [0.2, 0.25) is 11.8 Å². The Balaban J connectivity index is 1.65. The molecule has 3 atom stereocenters. The maximum absolute atomic E-state index is 13.2. The minimum atomic E-state index is -0.912. The summed E-state index contributed by atoms with van der Waals surface area (Å²) in [5, 5.41) is 9.30. The first-order valence-electron chi connectivity index (χ1n) is 9.52. The van der Waals surface area contributed by atoms with Crippen molar-refractivity contribution >= 4 is 29.4 Å². The molecule has 2 fully saturated rings. The molecule has 0 aromatic heterocycles. The SMILES string of the molecule is CC1C(C(=O)O)CCN1C(=O)CN1C(=O)c2ccccc2N2C(=O)CCC12C. The van der Waals surface area contributed by atoms with Gasteiger partial charge in [0.25, 0.3) is 5.91 Å². The molecule has 2 saturated heterocycles. The van der Waals surface area contributed by atoms with Gasteiger partial charge < -0.3 is 14.9 Å². The van der Waals surface area contributed by atoms with Gasteiger partial charge in [-0.3, -0.25) is 24.1 Å². The number of anilines is 1. The van der Waals surface area contributed by atoms with E-state index in [1.54, 1.807) is 36.1 Å². The van der Waals surface area contributed by atoms with Gasteiger partial charge in [0.1, 0.15) is 12.2 Å². The fourth-order valence-electron chi connectivity index (χ4n) is 4.79. The fourth-order valence-corrected chi connectivity index (χ4v) is 4.79. The number of para-hydroxylation sites is 1. The second-order valence-electron chi connectivity index (χ2n) is 7.92. The van der Waals surface area contributed by atoms with Crippen molar-refractivity contribution in [2.75, 3.05) is 18.0 Å². The largest absolute Gasteiger partial charge is 0.481 e. The first-order valence-corrected chi connectivity index (χ1v) is 9.52. The zero-order chi connectivity index (χ0) is 20.2. The predicted molar refractivity (Wildman–Crippen MR) is 99.5 cm³/mol. The van der Waals surface area contributed by atoms with Crippen LogP contribution in [0.3, 0.4) is 0 Å². The third-order valence-corrected chi connectivity index (χ3v) is 6.43. The van der Waals surface area contributed by atoms with Gasteiger partial charge in [-0.2, -0.15) is 0 Å². The van der Waals surface area contributed by atoms with Crippen LogP contribution in [0, 0.1) is 5.92 Å². The Bertz CT molecular complexity index is 884. The van der Waals surface area contributed by atoms with Crippen LogP contribution < -0.4 is 4.90 Å². The van der Waals surface area contributed by atoms with E-state index in [1.807, 2.05) is 6.92 Å². The van der Waals surface area contributed by atoms with E-state index in [1.165, 1.54) is 9.80 Å². The molecule has 1 aromatic carbocycles. The molecule has 0 saturated carbocycles. The molecule has 3 amide bonds. The van der Waals surface area contributed by atoms with Crippen molar-refractivity contribution < 1.29 is 24.3 Å². The van der Waals surface area contributed by atoms with Gasteiger partial charge in [-0.25, -0.2) is 0 Å². The number of nitrogens with zero attached hydrogens (tertiary/aromatic N) is 3. The smallest absolute Gasteiger partial charge is 0.308 e. The van der Waals surface area contributed by atoms with Crippen LogP contribution in [-0.2, 0) is 14.4 Å². The Kier molecular flexibility index (Phi) is 4.17. The third-order valence-electron chi connectivity index (χ3n) is 6.43. The first kappa shape index (κ1) is 18.5. The molecule has 4 rings (SSSR count). The van der Waals surface area contributed by atoms with Crippen molar-refractivity contribution in [1.29, 1.82) is 0 Å². The molecule has 8 heteroatoms. The van der Waals surface area contributed by atoms with Crippen LogP contribution in [0.5, 0.6) is 0 Å². The van der Waals surface area contributed by atoms with E-state index in [-0.39, 0.29) is 24.3 Å². The lowest BCUT2D eigenvalue weighted by molar-refractivity contribution is -0.143. The zero-order valence-electron chi connectivity index (χ0n) is 15.9. The summed E-state index contributed by atoms with van der Waals surface area (Å²) in [6, 6.07) is 6.52. The number of likely N-dealkylation sites (tertiary alicyclic amines) is 1. The fraction of sp³-hybridized carbons (Fsp3) is 0.500. The lowest BCUT2D eigenvalue weighted by atomic mass is 9.98. The molecule has 3 aliphatic rings. The van der Waals surface area contributed by atoms with Crippen molar-refractivity contribution in [3.05, 3.63) is 29.8 Å². The second kappa shape index (κ2) is 6.32. The highest BCUT2D eigenvalue weighted by Crippen LogP contribution is 2.44. The van der Waals surface area contributed by atoms with E-state index in [2.05, 4.69) is 0 Å². The molecule has 3 unspecified atom stereocenters. The number of amides is 3. The average Bonchev–Trinajstić information content (AvgIpc) is 3.19. The number of rotatable bonds is 3. The number of carbonyl (C=O) groups is 4. The summed E-state index contributed by atoms with van der Waals surface area (Å²) >= 11 is 0. The van der Waals surface area contributed by atoms with Crippen LogP contribution in [0.4, 0.5) is 5.69 Å². The monoisotopic (exact) mass is 385 g/mol. The quantitative estimate of drug-likeness (QED) is 0.846. The molecule has 28 heavy (non-hydrogen) atoms. The molecule has 0 radical (unpaired) electrons. The molecule has 0 spiro atoms. The van der Waals surface area contributed by atoms with Crippen LogP contribution >= 0.6 is 0 Å². The molecular weight excluding hydrogens is 362 g/mol. The van der Waals surface area contributed by atoms with Gasteiger partial charge in [-0.05, 0) is 38.8 Å². The van der Waals surface area contributed by atoms with E-state index in [0.717, 1.165) is 0 Å². The van der Waals surface area contributed by atoms with Gasteiger partial charge in [-0.15, -0.1) is 0 Å². The summed E-state index contributed by atoms with van der Waals surface area (Å²) in [6.07, 6.45) is 1.16. The standard InChI is InChI=1S/C20H23N3O5/c1-12-13(19(27)28)8-10-21(12)17(25)11-22-18(26)14-5-3-4-6-15(14)23-16(24)7-9-20(22,23)2/h3-6,12-13H,7-11H2,1-2H3,(H,27,28). The molecular formula is C20H23N3O5. The van der Waals surface area contributed by atoms with Crippen LogP contribution in [-0.4, -0.2) is 63.4 Å². The van der Waals surface area contributed by atoms with Crippen molar-refractivity contribution in [2.24, 2.45) is 5.92 Å². The Morgan fingerprint density at radius 1 is 1.25 bits per heavy atom. The normalized spacial score (nSPS) is 29.1. The average molecular weight is 385 g/mol. The molecule has 1 aromatic rings. The number of aliphatic carboxylic acids is 1. The van der Waals surface area contributed by atoms with Gasteiger partial charge in [-0.1, -0.05) is 12.1 Å². The lowest BCUT2D eigenvalue weighted by Crippen LogP contribution is -2.64. The number of carboxylic acids is 1. The minimum Gasteiger partial charge on any atom is -0.481 e. The maximum Gasteiger partial charge on any atom is 0.308 e. The number of hydrogen-bond acceptors (Lipinski definition) is 4. The molecule has 1 N–H and O–H groups in total. The summed E-state index contributed by atoms with van der Waals surface area (Å²) in [4.78, 5) is 54.8. The van der Waals surface area contributed by atoms with E-state index >= 15 is 0 Å². The lowest BCUT2D eigenvalue weighted by Gasteiger charge is -2.48. The molecule has 3 heterocycles. The van der Waals surface area contributed by atoms with Crippen molar-refractivity contribution in [1.82, 2.24) is 9.80 Å². The maximum atomic E-state index is 13.2. The molecule has 148 valence electrons. The Labute approximate surface area is 162 Å². The summed E-state index contributed by atoms with van der Waals surface area (Å²) in [6.45, 7) is 3.72. The molecule has 8 nitrogen and oxygen atoms in total. The molecule has 0 bridgehead atoms. The van der Waals surface area contributed by atoms with E-state index in [0.29, 0.717) is 37.1 Å². The van der Waals surface area contributed by atoms with Crippen molar-refractivity contribution in [3.63, 3.8) is 0 Å². The number of carbonyl (C=O) groups excluding carboxylic acids is 3. The van der Waals surface area contributed by atoms with E-state index in [9.17, 15) is 24.3 Å². The summed E-state index contributed by atoms with van der Waals surface area (Å²) in [5.74, 6) is -2.14. The highest BCUT2D eigenvalue weighted by atomic mass is 16.4. The van der Waals surface area contributed by atoms with Gasteiger partial charge in [0, 0.05) is 19.0 Å². The van der Waals surface area contributed by atoms with Crippen LogP contribution in [0.1, 0.15) is 43.5 Å². The summed E-state index contributed by atoms with van der Waals surface area (Å²) in [7, 11) is 0. The third kappa shape index (κ3) is 2.51. The van der Waals surface area contributed by atoms with Gasteiger partial charge in [0.15, 0.2) is 0 Å². The first-order chi connectivity index (χ1) is 13.3. The van der Waals surface area contributed by atoms with Gasteiger partial charge in [0.05, 0.1) is 17.2 Å². The molecule has 3 aliphatic heterocycles. The zero-order valence-corrected chi connectivity index (χ0v) is 15.9. The van der Waals surface area contributed by atoms with Crippen molar-refractivity contribution in [3.8, 4) is 0 Å². The van der Waals surface area contributed by atoms with Crippen LogP contribution in [0.25, 0.3) is 0 Å². The summed E-state index contributed by atoms with van der Waals surface area (Å²) < 4.78 is 0.